The first-order chi connectivity index (χ1) is 6.11. The van der Waals surface area contributed by atoms with Crippen molar-refractivity contribution in [3.05, 3.63) is 10.3 Å². The maximum atomic E-state index is 8.82. The molecule has 0 fully saturated rings. The lowest BCUT2D eigenvalue weighted by Gasteiger charge is -2.07. The molecule has 0 aliphatic heterocycles. The van der Waals surface area contributed by atoms with Crippen LogP contribution in [-0.2, 0) is 7.05 Å². The summed E-state index contributed by atoms with van der Waals surface area (Å²) in [5.74, 6) is 0.367. The number of rotatable bonds is 1. The van der Waals surface area contributed by atoms with E-state index in [1.54, 1.807) is 7.05 Å². The van der Waals surface area contributed by atoms with E-state index < -0.39 is 0 Å². The second-order valence-corrected chi connectivity index (χ2v) is 3.49. The van der Waals surface area contributed by atoms with Gasteiger partial charge in [-0.05, 0) is 18.5 Å². The lowest BCUT2D eigenvalue weighted by Crippen LogP contribution is -2.08. The van der Waals surface area contributed by atoms with Gasteiger partial charge in [0.2, 0.25) is 4.77 Å². The zero-order chi connectivity index (χ0) is 10.0. The number of nitriles is 1. The van der Waals surface area contributed by atoms with Crippen LogP contribution in [0.4, 0.5) is 5.82 Å². The molecule has 1 aromatic heterocycles. The van der Waals surface area contributed by atoms with E-state index in [1.807, 2.05) is 12.3 Å². The predicted octanol–water partition coefficient (Wildman–Crippen LogP) is 1.33. The van der Waals surface area contributed by atoms with E-state index in [0.29, 0.717) is 21.2 Å². The van der Waals surface area contributed by atoms with Gasteiger partial charge >= 0.3 is 0 Å². The fraction of sp³-hybridized carbons (Fsp3) is 0.286. The number of nitrogens with two attached hydrogens (primary N) is 1. The molecule has 0 saturated heterocycles. The summed E-state index contributed by atoms with van der Waals surface area (Å²) >= 11 is 6.31. The van der Waals surface area contributed by atoms with E-state index in [2.05, 4.69) is 4.98 Å². The summed E-state index contributed by atoms with van der Waals surface area (Å²) in [5, 5.41) is 9.40. The summed E-state index contributed by atoms with van der Waals surface area (Å²) in [4.78, 5) is 4.06. The molecule has 0 saturated carbocycles. The van der Waals surface area contributed by atoms with Gasteiger partial charge in [0.1, 0.15) is 22.5 Å². The third kappa shape index (κ3) is 1.66. The van der Waals surface area contributed by atoms with Crippen LogP contribution in [-0.4, -0.2) is 15.8 Å². The molecule has 0 aliphatic rings. The average molecular weight is 212 g/mol. The van der Waals surface area contributed by atoms with Crippen molar-refractivity contribution in [3.63, 3.8) is 0 Å². The normalized spacial score (nSPS) is 9.62. The molecular formula is C7H8N4S2. The summed E-state index contributed by atoms with van der Waals surface area (Å²) in [6, 6.07) is 2.01. The van der Waals surface area contributed by atoms with Gasteiger partial charge in [0.05, 0.1) is 0 Å². The van der Waals surface area contributed by atoms with Crippen LogP contribution in [0.3, 0.4) is 0 Å². The van der Waals surface area contributed by atoms with Crippen molar-refractivity contribution >= 4 is 29.8 Å². The van der Waals surface area contributed by atoms with Crippen molar-refractivity contribution in [2.24, 2.45) is 7.05 Å². The van der Waals surface area contributed by atoms with Crippen LogP contribution in [0.5, 0.6) is 0 Å². The van der Waals surface area contributed by atoms with Crippen molar-refractivity contribution in [2.45, 2.75) is 5.03 Å². The van der Waals surface area contributed by atoms with Crippen LogP contribution in [0.2, 0.25) is 0 Å². The Bertz CT molecular complexity index is 429. The lowest BCUT2D eigenvalue weighted by molar-refractivity contribution is 0.822. The number of nitrogen functional groups attached to an aromatic ring is 1. The fourth-order valence-corrected chi connectivity index (χ4v) is 1.63. The van der Waals surface area contributed by atoms with Gasteiger partial charge in [0.15, 0.2) is 0 Å². The molecule has 0 radical (unpaired) electrons. The van der Waals surface area contributed by atoms with E-state index in [9.17, 15) is 0 Å². The summed E-state index contributed by atoms with van der Waals surface area (Å²) in [5.41, 5.74) is 6.08. The van der Waals surface area contributed by atoms with Gasteiger partial charge in [-0.3, -0.25) is 0 Å². The monoisotopic (exact) mass is 212 g/mol. The molecule has 0 unspecified atom stereocenters. The lowest BCUT2D eigenvalue weighted by atomic mass is 10.3. The van der Waals surface area contributed by atoms with Crippen LogP contribution in [0.1, 0.15) is 5.56 Å². The molecule has 0 aromatic carbocycles. The minimum atomic E-state index is 0.367. The topological polar surface area (TPSA) is 67.6 Å². The highest BCUT2D eigenvalue weighted by Gasteiger charge is 2.09. The van der Waals surface area contributed by atoms with Gasteiger partial charge in [0.25, 0.3) is 0 Å². The molecule has 13 heavy (non-hydrogen) atoms. The zero-order valence-electron chi connectivity index (χ0n) is 7.24. The molecular weight excluding hydrogens is 204 g/mol. The molecule has 0 aliphatic carbocycles. The minimum Gasteiger partial charge on any atom is -0.384 e. The highest BCUT2D eigenvalue weighted by atomic mass is 32.2. The minimum absolute atomic E-state index is 0.367. The smallest absolute Gasteiger partial charge is 0.201 e. The van der Waals surface area contributed by atoms with Crippen molar-refractivity contribution in [1.82, 2.24) is 9.55 Å². The second kappa shape index (κ2) is 3.77. The van der Waals surface area contributed by atoms with Gasteiger partial charge in [-0.15, -0.1) is 11.8 Å². The fourth-order valence-electron chi connectivity index (χ4n) is 0.851. The Labute approximate surface area is 85.4 Å². The van der Waals surface area contributed by atoms with Crippen molar-refractivity contribution in [2.75, 3.05) is 12.0 Å². The molecule has 1 heterocycles. The Morgan fingerprint density at radius 3 is 2.77 bits per heavy atom. The van der Waals surface area contributed by atoms with E-state index >= 15 is 0 Å². The summed E-state index contributed by atoms with van der Waals surface area (Å²) in [7, 11) is 1.69. The van der Waals surface area contributed by atoms with Crippen molar-refractivity contribution < 1.29 is 0 Å². The van der Waals surface area contributed by atoms with Gasteiger partial charge in [0, 0.05) is 7.05 Å². The number of thioether (sulfide) groups is 1. The summed E-state index contributed by atoms with van der Waals surface area (Å²) < 4.78 is 1.91. The number of nitrogens with zero attached hydrogens (tertiary/aromatic N) is 3. The first kappa shape index (κ1) is 10.0. The third-order valence-electron chi connectivity index (χ3n) is 1.62. The van der Waals surface area contributed by atoms with Crippen LogP contribution >= 0.6 is 24.0 Å². The summed E-state index contributed by atoms with van der Waals surface area (Å²) in [6.07, 6.45) is 1.83. The number of anilines is 1. The van der Waals surface area contributed by atoms with Crippen LogP contribution in [0, 0.1) is 16.1 Å². The average Bonchev–Trinajstić information content (AvgIpc) is 2.13. The SMILES string of the molecule is CSc1nc(=S)n(C)c(N)c1C#N. The van der Waals surface area contributed by atoms with E-state index in [0.717, 1.165) is 0 Å². The molecule has 6 heteroatoms. The Morgan fingerprint density at radius 1 is 1.69 bits per heavy atom. The van der Waals surface area contributed by atoms with Gasteiger partial charge in [-0.25, -0.2) is 4.98 Å². The van der Waals surface area contributed by atoms with E-state index in [1.165, 1.54) is 16.3 Å². The molecule has 68 valence electrons. The van der Waals surface area contributed by atoms with Gasteiger partial charge in [-0.1, -0.05) is 0 Å². The maximum absolute atomic E-state index is 8.82. The highest BCUT2D eigenvalue weighted by Crippen LogP contribution is 2.21. The van der Waals surface area contributed by atoms with Crippen LogP contribution in [0.15, 0.2) is 5.03 Å². The van der Waals surface area contributed by atoms with E-state index in [-0.39, 0.29) is 0 Å². The molecule has 1 rings (SSSR count). The Balaban J connectivity index is 3.60. The highest BCUT2D eigenvalue weighted by molar-refractivity contribution is 7.98. The molecule has 4 nitrogen and oxygen atoms in total. The summed E-state index contributed by atoms with van der Waals surface area (Å²) in [6.45, 7) is 0. The Morgan fingerprint density at radius 2 is 2.31 bits per heavy atom. The molecule has 0 bridgehead atoms. The largest absolute Gasteiger partial charge is 0.384 e. The first-order valence-corrected chi connectivity index (χ1v) is 5.05. The molecule has 0 atom stereocenters. The van der Waals surface area contributed by atoms with Gasteiger partial charge in [-0.2, -0.15) is 5.26 Å². The Kier molecular flexibility index (Phi) is 2.90. The molecule has 0 spiro atoms. The predicted molar refractivity (Wildman–Crippen MR) is 55.0 cm³/mol. The molecule has 1 aromatic rings. The third-order valence-corrected chi connectivity index (χ3v) is 2.67. The zero-order valence-corrected chi connectivity index (χ0v) is 8.87. The number of aromatic nitrogens is 2. The van der Waals surface area contributed by atoms with Crippen LogP contribution < -0.4 is 5.73 Å². The van der Waals surface area contributed by atoms with E-state index in [4.69, 9.17) is 23.2 Å². The van der Waals surface area contributed by atoms with Crippen LogP contribution in [0.25, 0.3) is 0 Å². The number of hydrogen-bond acceptors (Lipinski definition) is 5. The molecule has 2 N–H and O–H groups in total. The first-order valence-electron chi connectivity index (χ1n) is 3.42. The van der Waals surface area contributed by atoms with Crippen molar-refractivity contribution in [3.8, 4) is 6.07 Å². The standard InChI is InChI=1S/C7H8N4S2/c1-11-5(9)4(3-8)6(13-2)10-7(11)12/h9H2,1-2H3. The van der Waals surface area contributed by atoms with Gasteiger partial charge < -0.3 is 10.3 Å². The second-order valence-electron chi connectivity index (χ2n) is 2.33. The quantitative estimate of drug-likeness (QED) is 0.432. The maximum Gasteiger partial charge on any atom is 0.201 e. The van der Waals surface area contributed by atoms with Crippen molar-refractivity contribution in [1.29, 1.82) is 5.26 Å². The Hall–Kier alpha value is -1.06. The molecule has 0 amide bonds. The number of hydrogen-bond donors (Lipinski definition) is 1.